The van der Waals surface area contributed by atoms with Crippen molar-refractivity contribution in [3.8, 4) is 5.75 Å². The SMILES string of the molecule is CC(NCC(=O)c1ccc2c(c1)NCCO2)C1CC2CCC1C2. The van der Waals surface area contributed by atoms with E-state index in [9.17, 15) is 4.79 Å². The lowest BCUT2D eigenvalue weighted by molar-refractivity contribution is 0.0981. The molecule has 0 aromatic heterocycles. The van der Waals surface area contributed by atoms with Crippen LogP contribution in [0.1, 0.15) is 43.0 Å². The third kappa shape index (κ3) is 2.97. The Kier molecular flexibility index (Phi) is 4.02. The number of ether oxygens (including phenoxy) is 1. The highest BCUT2D eigenvalue weighted by molar-refractivity contribution is 5.98. The monoisotopic (exact) mass is 314 g/mol. The second kappa shape index (κ2) is 6.16. The molecule has 1 heterocycles. The van der Waals surface area contributed by atoms with Gasteiger partial charge in [0.05, 0.1) is 12.2 Å². The third-order valence-electron chi connectivity index (χ3n) is 6.00. The number of anilines is 1. The first-order valence-corrected chi connectivity index (χ1v) is 8.98. The maximum atomic E-state index is 12.5. The predicted molar refractivity (Wildman–Crippen MR) is 91.2 cm³/mol. The number of benzene rings is 1. The van der Waals surface area contributed by atoms with Gasteiger partial charge in [-0.25, -0.2) is 0 Å². The number of carbonyl (C=O) groups is 1. The Hall–Kier alpha value is -1.55. The van der Waals surface area contributed by atoms with E-state index in [1.807, 2.05) is 18.2 Å². The Bertz CT molecular complexity index is 601. The summed E-state index contributed by atoms with van der Waals surface area (Å²) in [6.45, 7) is 4.16. The lowest BCUT2D eigenvalue weighted by Crippen LogP contribution is -2.39. The number of carbonyl (C=O) groups excluding carboxylic acids is 1. The lowest BCUT2D eigenvalue weighted by atomic mass is 9.84. The van der Waals surface area contributed by atoms with Crippen molar-refractivity contribution < 1.29 is 9.53 Å². The normalized spacial score (nSPS) is 29.5. The van der Waals surface area contributed by atoms with Gasteiger partial charge in [-0.3, -0.25) is 4.79 Å². The minimum absolute atomic E-state index is 0.162. The predicted octanol–water partition coefficient (Wildman–Crippen LogP) is 3.09. The average molecular weight is 314 g/mol. The van der Waals surface area contributed by atoms with E-state index in [1.54, 1.807) is 0 Å². The molecule has 3 aliphatic rings. The van der Waals surface area contributed by atoms with E-state index in [1.165, 1.54) is 25.7 Å². The molecule has 4 nitrogen and oxygen atoms in total. The lowest BCUT2D eigenvalue weighted by Gasteiger charge is -2.28. The van der Waals surface area contributed by atoms with Crippen molar-refractivity contribution in [1.82, 2.24) is 5.32 Å². The van der Waals surface area contributed by atoms with Crippen LogP contribution in [0, 0.1) is 17.8 Å². The summed E-state index contributed by atoms with van der Waals surface area (Å²) in [6.07, 6.45) is 5.59. The molecule has 4 heteroatoms. The standard InChI is InChI=1S/C19H26N2O2/c1-12(16-9-13-2-3-14(16)8-13)21-11-18(22)15-4-5-19-17(10-15)20-6-7-23-19/h4-5,10,12-14,16,20-21H,2-3,6-9,11H2,1H3. The highest BCUT2D eigenvalue weighted by atomic mass is 16.5. The van der Waals surface area contributed by atoms with Gasteiger partial charge < -0.3 is 15.4 Å². The summed E-state index contributed by atoms with van der Waals surface area (Å²) in [5, 5.41) is 6.77. The Morgan fingerprint density at radius 2 is 2.30 bits per heavy atom. The number of hydrogen-bond donors (Lipinski definition) is 2. The fourth-order valence-corrected chi connectivity index (χ4v) is 4.73. The Balaban J connectivity index is 1.34. The van der Waals surface area contributed by atoms with E-state index in [0.717, 1.165) is 41.3 Å². The molecule has 23 heavy (non-hydrogen) atoms. The Morgan fingerprint density at radius 3 is 3.09 bits per heavy atom. The van der Waals surface area contributed by atoms with Crippen molar-refractivity contribution >= 4 is 11.5 Å². The zero-order valence-corrected chi connectivity index (χ0v) is 13.8. The van der Waals surface area contributed by atoms with Crippen molar-refractivity contribution in [2.75, 3.05) is 25.0 Å². The van der Waals surface area contributed by atoms with Gasteiger partial charge in [-0.1, -0.05) is 6.42 Å². The van der Waals surface area contributed by atoms with Crippen molar-refractivity contribution in [2.45, 2.75) is 38.6 Å². The fourth-order valence-electron chi connectivity index (χ4n) is 4.73. The summed E-state index contributed by atoms with van der Waals surface area (Å²) in [5.41, 5.74) is 1.69. The van der Waals surface area contributed by atoms with Crippen LogP contribution in [0.5, 0.6) is 5.75 Å². The fraction of sp³-hybridized carbons (Fsp3) is 0.632. The van der Waals surface area contributed by atoms with Gasteiger partial charge in [0.25, 0.3) is 0 Å². The molecule has 0 amide bonds. The van der Waals surface area contributed by atoms with Gasteiger partial charge in [0.2, 0.25) is 0 Å². The topological polar surface area (TPSA) is 50.4 Å². The van der Waals surface area contributed by atoms with Crippen molar-refractivity contribution in [2.24, 2.45) is 17.8 Å². The quantitative estimate of drug-likeness (QED) is 0.820. The summed E-state index contributed by atoms with van der Waals surface area (Å²) in [6, 6.07) is 6.13. The molecule has 0 spiro atoms. The van der Waals surface area contributed by atoms with Gasteiger partial charge in [-0.05, 0) is 62.1 Å². The summed E-state index contributed by atoms with van der Waals surface area (Å²) in [7, 11) is 0. The van der Waals surface area contributed by atoms with E-state index in [-0.39, 0.29) is 5.78 Å². The molecule has 2 aliphatic carbocycles. The van der Waals surface area contributed by atoms with Crippen molar-refractivity contribution in [3.05, 3.63) is 23.8 Å². The second-order valence-electron chi connectivity index (χ2n) is 7.42. The number of Topliss-reactive ketones (excluding diaryl/α,β-unsaturated/α-hetero) is 1. The molecular weight excluding hydrogens is 288 g/mol. The summed E-state index contributed by atoms with van der Waals surface area (Å²) < 4.78 is 5.56. The van der Waals surface area contributed by atoms with E-state index >= 15 is 0 Å². The molecular formula is C19H26N2O2. The molecule has 4 rings (SSSR count). The van der Waals surface area contributed by atoms with Crippen LogP contribution in [0.3, 0.4) is 0 Å². The Morgan fingerprint density at radius 1 is 1.39 bits per heavy atom. The maximum absolute atomic E-state index is 12.5. The molecule has 2 bridgehead atoms. The molecule has 0 radical (unpaired) electrons. The summed E-state index contributed by atoms with van der Waals surface area (Å²) >= 11 is 0. The molecule has 2 N–H and O–H groups in total. The molecule has 124 valence electrons. The first-order chi connectivity index (χ1) is 11.2. The molecule has 1 aromatic carbocycles. The molecule has 4 unspecified atom stereocenters. The van der Waals surface area contributed by atoms with E-state index in [0.29, 0.717) is 19.2 Å². The summed E-state index contributed by atoms with van der Waals surface area (Å²) in [5.74, 6) is 3.62. The van der Waals surface area contributed by atoms with Gasteiger partial charge in [0.15, 0.2) is 5.78 Å². The van der Waals surface area contributed by atoms with Gasteiger partial charge in [0, 0.05) is 18.2 Å². The van der Waals surface area contributed by atoms with Gasteiger partial charge in [-0.15, -0.1) is 0 Å². The first kappa shape index (κ1) is 15.0. The maximum Gasteiger partial charge on any atom is 0.176 e. The largest absolute Gasteiger partial charge is 0.490 e. The number of nitrogens with one attached hydrogen (secondary N) is 2. The van der Waals surface area contributed by atoms with Gasteiger partial charge in [-0.2, -0.15) is 0 Å². The zero-order chi connectivity index (χ0) is 15.8. The zero-order valence-electron chi connectivity index (χ0n) is 13.8. The minimum atomic E-state index is 0.162. The molecule has 0 saturated heterocycles. The van der Waals surface area contributed by atoms with Crippen LogP contribution >= 0.6 is 0 Å². The van der Waals surface area contributed by atoms with Gasteiger partial charge >= 0.3 is 0 Å². The number of hydrogen-bond acceptors (Lipinski definition) is 4. The number of ketones is 1. The van der Waals surface area contributed by atoms with Crippen molar-refractivity contribution in [1.29, 1.82) is 0 Å². The van der Waals surface area contributed by atoms with Crippen molar-refractivity contribution in [3.63, 3.8) is 0 Å². The minimum Gasteiger partial charge on any atom is -0.490 e. The molecule has 2 fully saturated rings. The third-order valence-corrected chi connectivity index (χ3v) is 6.00. The number of fused-ring (bicyclic) bond motifs is 3. The summed E-state index contributed by atoms with van der Waals surface area (Å²) in [4.78, 5) is 12.5. The van der Waals surface area contributed by atoms with E-state index in [2.05, 4.69) is 17.6 Å². The molecule has 2 saturated carbocycles. The highest BCUT2D eigenvalue weighted by Crippen LogP contribution is 2.49. The molecule has 1 aliphatic heterocycles. The Labute approximate surface area is 138 Å². The van der Waals surface area contributed by atoms with E-state index in [4.69, 9.17) is 4.74 Å². The average Bonchev–Trinajstić information content (AvgIpc) is 3.22. The van der Waals surface area contributed by atoms with Crippen LogP contribution in [0.2, 0.25) is 0 Å². The number of rotatable bonds is 5. The highest BCUT2D eigenvalue weighted by Gasteiger charge is 2.41. The van der Waals surface area contributed by atoms with Gasteiger partial charge in [0.1, 0.15) is 12.4 Å². The van der Waals surface area contributed by atoms with Crippen LogP contribution in [0.15, 0.2) is 18.2 Å². The first-order valence-electron chi connectivity index (χ1n) is 8.98. The van der Waals surface area contributed by atoms with Crippen LogP contribution in [-0.4, -0.2) is 31.5 Å². The smallest absolute Gasteiger partial charge is 0.176 e. The van der Waals surface area contributed by atoms with E-state index < -0.39 is 0 Å². The molecule has 4 atom stereocenters. The van der Waals surface area contributed by atoms with Crippen LogP contribution in [0.4, 0.5) is 5.69 Å². The van der Waals surface area contributed by atoms with Crippen LogP contribution < -0.4 is 15.4 Å². The second-order valence-corrected chi connectivity index (χ2v) is 7.42. The van der Waals surface area contributed by atoms with Crippen LogP contribution in [-0.2, 0) is 0 Å². The molecule has 1 aromatic rings. The van der Waals surface area contributed by atoms with Crippen LogP contribution in [0.25, 0.3) is 0 Å².